The summed E-state index contributed by atoms with van der Waals surface area (Å²) in [5.74, 6) is -14.0. The van der Waals surface area contributed by atoms with Gasteiger partial charge in [-0.2, -0.15) is 8.78 Å². The number of para-hydroxylation sites is 2. The molecule has 1 saturated carbocycles. The van der Waals surface area contributed by atoms with E-state index in [1.165, 1.54) is 25.1 Å². The Kier molecular flexibility index (Phi) is 8.20. The summed E-state index contributed by atoms with van der Waals surface area (Å²) in [6.07, 6.45) is 4.29. The lowest BCUT2D eigenvalue weighted by Gasteiger charge is -2.22. The second-order valence-corrected chi connectivity index (χ2v) is 8.30. The van der Waals surface area contributed by atoms with Gasteiger partial charge in [0.2, 0.25) is 40.6 Å². The highest BCUT2D eigenvalue weighted by Crippen LogP contribution is 2.39. The molecule has 178 valence electrons. The van der Waals surface area contributed by atoms with Crippen LogP contribution in [0.25, 0.3) is 0 Å². The van der Waals surface area contributed by atoms with Gasteiger partial charge in [0.25, 0.3) is 0 Å². The van der Waals surface area contributed by atoms with Gasteiger partial charge in [-0.3, -0.25) is 4.79 Å². The molecule has 0 aliphatic heterocycles. The molecule has 1 N–H and O–H groups in total. The van der Waals surface area contributed by atoms with Crippen LogP contribution in [0, 0.1) is 29.1 Å². The van der Waals surface area contributed by atoms with Crippen LogP contribution < -0.4 is 14.3 Å². The Morgan fingerprint density at radius 2 is 1.48 bits per heavy atom. The number of benzene rings is 2. The Morgan fingerprint density at radius 1 is 0.939 bits per heavy atom. The second-order valence-electron chi connectivity index (χ2n) is 7.34. The maximum Gasteiger partial charge on any atom is 0.664 e. The highest BCUT2D eigenvalue weighted by molar-refractivity contribution is 7.37. The van der Waals surface area contributed by atoms with Crippen molar-refractivity contribution in [3.63, 3.8) is 0 Å². The summed E-state index contributed by atoms with van der Waals surface area (Å²) in [6.45, 7) is 1.42. The fraction of sp³-hybridized carbons (Fsp3) is 0.381. The van der Waals surface area contributed by atoms with Crippen LogP contribution in [0.3, 0.4) is 0 Å². The van der Waals surface area contributed by atoms with Crippen molar-refractivity contribution < 1.29 is 45.3 Å². The zero-order valence-corrected chi connectivity index (χ0v) is 18.3. The average Bonchev–Trinajstić information content (AvgIpc) is 2.80. The van der Waals surface area contributed by atoms with E-state index in [9.17, 15) is 31.3 Å². The van der Waals surface area contributed by atoms with E-state index in [0.717, 1.165) is 38.2 Å². The van der Waals surface area contributed by atoms with Crippen LogP contribution in [0.15, 0.2) is 24.3 Å². The Balaban J connectivity index is 1.68. The molecule has 0 heterocycles. The van der Waals surface area contributed by atoms with E-state index in [-0.39, 0.29) is 11.9 Å². The molecular weight excluding hydrogens is 472 g/mol. The van der Waals surface area contributed by atoms with Gasteiger partial charge in [-0.15, -0.1) is 0 Å². The van der Waals surface area contributed by atoms with Crippen molar-refractivity contribution in [2.24, 2.45) is 0 Å². The summed E-state index contributed by atoms with van der Waals surface area (Å²) in [6, 6.07) is 4.03. The van der Waals surface area contributed by atoms with Crippen LogP contribution in [0.4, 0.5) is 22.0 Å². The Labute approximate surface area is 186 Å². The number of hydrogen-bond donors (Lipinski definition) is 1. The van der Waals surface area contributed by atoms with Gasteiger partial charge in [-0.1, -0.05) is 23.6 Å². The smallest absolute Gasteiger partial charge is 0.461 e. The molecule has 2 atom stereocenters. The summed E-state index contributed by atoms with van der Waals surface area (Å²) < 4.78 is 95.7. The van der Waals surface area contributed by atoms with Crippen molar-refractivity contribution in [2.75, 3.05) is 0 Å². The lowest BCUT2D eigenvalue weighted by molar-refractivity contribution is -0.152. The van der Waals surface area contributed by atoms with Crippen molar-refractivity contribution in [2.45, 2.75) is 51.2 Å². The highest BCUT2D eigenvalue weighted by Gasteiger charge is 2.32. The molecule has 0 spiro atoms. The van der Waals surface area contributed by atoms with Gasteiger partial charge in [0.15, 0.2) is 5.75 Å². The maximum absolute atomic E-state index is 13.9. The molecule has 3 rings (SSSR count). The topological polar surface area (TPSA) is 73.9 Å². The van der Waals surface area contributed by atoms with Crippen molar-refractivity contribution in [3.8, 4) is 17.2 Å². The molecule has 0 bridgehead atoms. The van der Waals surface area contributed by atoms with Crippen LogP contribution in [0.1, 0.15) is 39.0 Å². The van der Waals surface area contributed by atoms with Crippen molar-refractivity contribution in [1.82, 2.24) is 5.09 Å². The standard InChI is InChI=1S/C21H20F5NO5P/c1-11(21(28)30-12-7-3-2-4-8-12)27-33(29)32-14-10-6-5-9-13(14)31-20-18(25)16(23)15(22)17(24)19(20)26/h5-6,9-12H,2-4,7-8H2,1H3,(H,27,29)/q+1. The van der Waals surface area contributed by atoms with Crippen LogP contribution in [0.2, 0.25) is 0 Å². The first kappa shape index (κ1) is 24.9. The van der Waals surface area contributed by atoms with Crippen molar-refractivity contribution >= 4 is 14.1 Å². The summed E-state index contributed by atoms with van der Waals surface area (Å²) >= 11 is 0. The van der Waals surface area contributed by atoms with E-state index >= 15 is 0 Å². The first-order valence-electron chi connectivity index (χ1n) is 10.1. The number of hydrogen-bond acceptors (Lipinski definition) is 5. The number of carbonyl (C=O) groups is 1. The van der Waals surface area contributed by atoms with Crippen LogP contribution >= 0.6 is 8.18 Å². The highest BCUT2D eigenvalue weighted by atomic mass is 31.1. The monoisotopic (exact) mass is 492 g/mol. The summed E-state index contributed by atoms with van der Waals surface area (Å²) in [5.41, 5.74) is 0. The molecule has 2 aromatic rings. The minimum Gasteiger partial charge on any atom is -0.461 e. The summed E-state index contributed by atoms with van der Waals surface area (Å²) in [4.78, 5) is 12.2. The van der Waals surface area contributed by atoms with Gasteiger partial charge in [0.05, 0.1) is 0 Å². The fourth-order valence-electron chi connectivity index (χ4n) is 3.17. The molecule has 1 fully saturated rings. The number of esters is 1. The summed E-state index contributed by atoms with van der Waals surface area (Å²) in [5, 5.41) is 2.40. The van der Waals surface area contributed by atoms with E-state index < -0.39 is 60.8 Å². The quantitative estimate of drug-likeness (QED) is 0.159. The minimum atomic E-state index is -2.75. The predicted molar refractivity (Wildman–Crippen MR) is 107 cm³/mol. The molecule has 6 nitrogen and oxygen atoms in total. The zero-order chi connectivity index (χ0) is 24.1. The third kappa shape index (κ3) is 5.97. The fourth-order valence-corrected chi connectivity index (χ4v) is 3.97. The molecule has 0 saturated heterocycles. The lowest BCUT2D eigenvalue weighted by atomic mass is 9.98. The lowest BCUT2D eigenvalue weighted by Crippen LogP contribution is -2.34. The minimum absolute atomic E-state index is 0.204. The first-order valence-corrected chi connectivity index (χ1v) is 11.3. The predicted octanol–water partition coefficient (Wildman–Crippen LogP) is 6.06. The molecule has 2 unspecified atom stereocenters. The third-order valence-electron chi connectivity index (χ3n) is 4.90. The Hall–Kier alpha value is -2.78. The van der Waals surface area contributed by atoms with E-state index in [0.29, 0.717) is 0 Å². The number of ether oxygens (including phenoxy) is 2. The van der Waals surface area contributed by atoms with Crippen LogP contribution in [0.5, 0.6) is 17.2 Å². The number of nitrogens with one attached hydrogen (secondary N) is 1. The molecule has 0 amide bonds. The van der Waals surface area contributed by atoms with E-state index in [2.05, 4.69) is 5.09 Å². The van der Waals surface area contributed by atoms with E-state index in [1.54, 1.807) is 0 Å². The Bertz CT molecular complexity index is 1020. The van der Waals surface area contributed by atoms with Crippen LogP contribution in [-0.4, -0.2) is 18.1 Å². The number of carbonyl (C=O) groups excluding carboxylic acids is 1. The molecule has 1 aliphatic rings. The third-order valence-corrected chi connectivity index (χ3v) is 5.86. The molecule has 0 radical (unpaired) electrons. The SMILES string of the molecule is CC(N[P+](=O)Oc1ccccc1Oc1c(F)c(F)c(F)c(F)c1F)C(=O)OC1CCCCC1. The number of halogens is 5. The molecule has 33 heavy (non-hydrogen) atoms. The van der Waals surface area contributed by atoms with E-state index in [1.807, 2.05) is 0 Å². The second kappa shape index (κ2) is 10.9. The van der Waals surface area contributed by atoms with Gasteiger partial charge < -0.3 is 9.47 Å². The Morgan fingerprint density at radius 3 is 2.09 bits per heavy atom. The maximum atomic E-state index is 13.9. The van der Waals surface area contributed by atoms with Crippen molar-refractivity contribution in [1.29, 1.82) is 0 Å². The van der Waals surface area contributed by atoms with Crippen LogP contribution in [-0.2, 0) is 14.1 Å². The largest absolute Gasteiger partial charge is 0.664 e. The van der Waals surface area contributed by atoms with Gasteiger partial charge in [-0.05, 0) is 44.7 Å². The molecule has 12 heteroatoms. The van der Waals surface area contributed by atoms with Gasteiger partial charge in [0, 0.05) is 4.57 Å². The molecule has 1 aliphatic carbocycles. The van der Waals surface area contributed by atoms with Gasteiger partial charge >= 0.3 is 14.1 Å². The normalized spacial score (nSPS) is 15.6. The summed E-state index contributed by atoms with van der Waals surface area (Å²) in [7, 11) is -2.75. The zero-order valence-electron chi connectivity index (χ0n) is 17.4. The van der Waals surface area contributed by atoms with Gasteiger partial charge in [0.1, 0.15) is 12.1 Å². The molecular formula is C21H20F5NO5P+. The molecule has 2 aromatic carbocycles. The molecule has 0 aromatic heterocycles. The number of rotatable bonds is 8. The first-order chi connectivity index (χ1) is 15.7. The van der Waals surface area contributed by atoms with E-state index in [4.69, 9.17) is 14.0 Å². The average molecular weight is 492 g/mol. The van der Waals surface area contributed by atoms with Gasteiger partial charge in [-0.25, -0.2) is 17.7 Å². The van der Waals surface area contributed by atoms with Crippen molar-refractivity contribution in [3.05, 3.63) is 53.4 Å².